The van der Waals surface area contributed by atoms with Crippen LogP contribution in [0.25, 0.3) is 0 Å². The molecule has 0 radical (unpaired) electrons. The number of rotatable bonds is 1. The summed E-state index contributed by atoms with van der Waals surface area (Å²) in [7, 11) is -3.37. The molecular weight excluding hydrogens is 156 g/mol. The Morgan fingerprint density at radius 1 is 1.70 bits per heavy atom. The van der Waals surface area contributed by atoms with Crippen LogP contribution < -0.4 is 5.73 Å². The Hall–Kier alpha value is -1.11. The van der Waals surface area contributed by atoms with Gasteiger partial charge in [-0.25, -0.2) is 8.42 Å². The third-order valence-electron chi connectivity index (χ3n) is 0.857. The van der Waals surface area contributed by atoms with Gasteiger partial charge in [0.25, 0.3) is 10.0 Å². The highest BCUT2D eigenvalue weighted by atomic mass is 32.2. The average Bonchev–Trinajstić information content (AvgIpc) is 2.11. The predicted molar refractivity (Wildman–Crippen MR) is 34.7 cm³/mol. The first-order valence-corrected chi connectivity index (χ1v) is 4.22. The Bertz CT molecular complexity index is 326. The maximum Gasteiger partial charge on any atom is 0.254 e. The molecule has 2 N–H and O–H groups in total. The van der Waals surface area contributed by atoms with Crippen molar-refractivity contribution in [2.45, 2.75) is 0 Å². The minimum absolute atomic E-state index is 0.123. The molecule has 0 aliphatic rings. The number of anilines is 1. The van der Waals surface area contributed by atoms with Crippen LogP contribution in [0.15, 0.2) is 6.33 Å². The van der Waals surface area contributed by atoms with E-state index in [1.165, 1.54) is 0 Å². The van der Waals surface area contributed by atoms with E-state index in [-0.39, 0.29) is 5.95 Å². The van der Waals surface area contributed by atoms with Crippen molar-refractivity contribution in [2.75, 3.05) is 12.0 Å². The van der Waals surface area contributed by atoms with E-state index in [1.807, 2.05) is 0 Å². The molecule has 0 spiro atoms. The van der Waals surface area contributed by atoms with Gasteiger partial charge in [-0.2, -0.15) is 4.98 Å². The molecule has 10 heavy (non-hydrogen) atoms. The van der Waals surface area contributed by atoms with Crippen LogP contribution in [0.2, 0.25) is 0 Å². The van der Waals surface area contributed by atoms with E-state index in [1.54, 1.807) is 0 Å². The number of nitrogens with zero attached hydrogens (tertiary/aromatic N) is 3. The van der Waals surface area contributed by atoms with E-state index < -0.39 is 10.0 Å². The largest absolute Gasteiger partial charge is 0.367 e. The van der Waals surface area contributed by atoms with Gasteiger partial charge in [-0.05, 0) is 0 Å². The van der Waals surface area contributed by atoms with Gasteiger partial charge in [0.15, 0.2) is 0 Å². The number of aromatic nitrogens is 3. The van der Waals surface area contributed by atoms with Crippen LogP contribution >= 0.6 is 0 Å². The van der Waals surface area contributed by atoms with E-state index in [9.17, 15) is 8.42 Å². The molecule has 6 nitrogen and oxygen atoms in total. The molecule has 7 heteroatoms. The predicted octanol–water partition coefficient (Wildman–Crippen LogP) is -1.33. The molecule has 1 heterocycles. The Morgan fingerprint density at radius 2 is 2.30 bits per heavy atom. The van der Waals surface area contributed by atoms with Crippen LogP contribution in [-0.4, -0.2) is 28.8 Å². The third kappa shape index (κ3) is 1.08. The Kier molecular flexibility index (Phi) is 1.36. The number of hydrogen-bond acceptors (Lipinski definition) is 5. The number of nitrogen functional groups attached to an aromatic ring is 1. The molecule has 0 aliphatic heterocycles. The lowest BCUT2D eigenvalue weighted by Gasteiger charge is -1.95. The molecule has 0 atom stereocenters. The second-order valence-electron chi connectivity index (χ2n) is 1.72. The summed E-state index contributed by atoms with van der Waals surface area (Å²) in [5.41, 5.74) is 5.14. The summed E-state index contributed by atoms with van der Waals surface area (Å²) < 4.78 is 22.1. The zero-order chi connectivity index (χ0) is 7.78. The molecule has 1 rings (SSSR count). The fourth-order valence-corrected chi connectivity index (χ4v) is 1.10. The van der Waals surface area contributed by atoms with Crippen LogP contribution in [0.5, 0.6) is 0 Å². The average molecular weight is 162 g/mol. The van der Waals surface area contributed by atoms with Gasteiger partial charge in [-0.1, -0.05) is 0 Å². The van der Waals surface area contributed by atoms with Crippen LogP contribution in [0.4, 0.5) is 5.95 Å². The Balaban J connectivity index is 3.32. The second-order valence-corrected chi connectivity index (χ2v) is 3.54. The standard InChI is InChI=1S/C3H6N4O2S/c1-10(8,9)7-3(4)5-2-6-7/h2H,1H3,(H2,4,5,6). The van der Waals surface area contributed by atoms with Crippen molar-refractivity contribution in [3.05, 3.63) is 6.33 Å². The molecule has 0 bridgehead atoms. The monoisotopic (exact) mass is 162 g/mol. The maximum atomic E-state index is 10.7. The van der Waals surface area contributed by atoms with Crippen LogP contribution in [0.1, 0.15) is 0 Å². The summed E-state index contributed by atoms with van der Waals surface area (Å²) in [6.07, 6.45) is 2.08. The lowest BCUT2D eigenvalue weighted by atomic mass is 11.1. The summed E-state index contributed by atoms with van der Waals surface area (Å²) in [5, 5.41) is 3.38. The van der Waals surface area contributed by atoms with Crippen molar-refractivity contribution in [2.24, 2.45) is 0 Å². The van der Waals surface area contributed by atoms with E-state index in [2.05, 4.69) is 10.1 Å². The van der Waals surface area contributed by atoms with Crippen LogP contribution in [-0.2, 0) is 10.0 Å². The fraction of sp³-hybridized carbons (Fsp3) is 0.333. The van der Waals surface area contributed by atoms with E-state index in [4.69, 9.17) is 5.73 Å². The maximum absolute atomic E-state index is 10.7. The SMILES string of the molecule is CS(=O)(=O)n1ncnc1N. The lowest BCUT2D eigenvalue weighted by Crippen LogP contribution is -2.14. The summed E-state index contributed by atoms with van der Waals surface area (Å²) in [6.45, 7) is 0. The molecule has 0 fully saturated rings. The molecule has 1 aromatic rings. The third-order valence-corrected chi connectivity index (χ3v) is 1.77. The van der Waals surface area contributed by atoms with Gasteiger partial charge in [0, 0.05) is 0 Å². The van der Waals surface area contributed by atoms with Gasteiger partial charge in [-0.3, -0.25) is 0 Å². The number of hydrogen-bond donors (Lipinski definition) is 1. The van der Waals surface area contributed by atoms with E-state index >= 15 is 0 Å². The molecule has 0 aliphatic carbocycles. The zero-order valence-electron chi connectivity index (χ0n) is 5.22. The highest BCUT2D eigenvalue weighted by molar-refractivity contribution is 7.89. The number of nitrogens with two attached hydrogens (primary N) is 1. The zero-order valence-corrected chi connectivity index (χ0v) is 6.04. The van der Waals surface area contributed by atoms with Gasteiger partial charge in [0.1, 0.15) is 6.33 Å². The normalized spacial score (nSPS) is 11.7. The van der Waals surface area contributed by atoms with Crippen molar-refractivity contribution in [3.63, 3.8) is 0 Å². The lowest BCUT2D eigenvalue weighted by molar-refractivity contribution is 0.587. The van der Waals surface area contributed by atoms with Gasteiger partial charge < -0.3 is 5.73 Å². The van der Waals surface area contributed by atoms with Crippen molar-refractivity contribution in [1.29, 1.82) is 0 Å². The minimum Gasteiger partial charge on any atom is -0.367 e. The van der Waals surface area contributed by atoms with Gasteiger partial charge in [0.2, 0.25) is 5.95 Å². The van der Waals surface area contributed by atoms with Crippen LogP contribution in [0, 0.1) is 0 Å². The first kappa shape index (κ1) is 7.00. The quantitative estimate of drug-likeness (QED) is 0.552. The van der Waals surface area contributed by atoms with Crippen LogP contribution in [0.3, 0.4) is 0 Å². The van der Waals surface area contributed by atoms with Gasteiger partial charge in [0.05, 0.1) is 6.26 Å². The van der Waals surface area contributed by atoms with Crippen molar-refractivity contribution in [3.8, 4) is 0 Å². The highest BCUT2D eigenvalue weighted by Crippen LogP contribution is 1.96. The van der Waals surface area contributed by atoms with Crippen molar-refractivity contribution >= 4 is 16.0 Å². The van der Waals surface area contributed by atoms with E-state index in [0.717, 1.165) is 12.6 Å². The Morgan fingerprint density at radius 3 is 2.50 bits per heavy atom. The van der Waals surface area contributed by atoms with Crippen molar-refractivity contribution < 1.29 is 8.42 Å². The second kappa shape index (κ2) is 1.94. The summed E-state index contributed by atoms with van der Waals surface area (Å²) in [4.78, 5) is 3.43. The molecule has 1 aromatic heterocycles. The van der Waals surface area contributed by atoms with Gasteiger partial charge >= 0.3 is 0 Å². The van der Waals surface area contributed by atoms with Crippen molar-refractivity contribution in [1.82, 2.24) is 14.2 Å². The summed E-state index contributed by atoms with van der Waals surface area (Å²) in [5.74, 6) is -0.123. The first-order chi connectivity index (χ1) is 4.52. The smallest absolute Gasteiger partial charge is 0.254 e. The molecular formula is C3H6N4O2S. The minimum atomic E-state index is -3.37. The fourth-order valence-electron chi connectivity index (χ4n) is 0.496. The molecule has 0 saturated heterocycles. The molecule has 56 valence electrons. The topological polar surface area (TPSA) is 90.9 Å². The molecule has 0 unspecified atom stereocenters. The summed E-state index contributed by atoms with van der Waals surface area (Å²) in [6, 6.07) is 0. The van der Waals surface area contributed by atoms with Gasteiger partial charge in [-0.15, -0.1) is 9.19 Å². The first-order valence-electron chi connectivity index (χ1n) is 2.38. The highest BCUT2D eigenvalue weighted by Gasteiger charge is 2.09. The molecule has 0 aromatic carbocycles. The molecule has 0 amide bonds. The molecule has 0 saturated carbocycles. The Labute approximate surface area is 57.7 Å². The van der Waals surface area contributed by atoms with E-state index in [0.29, 0.717) is 4.09 Å². The summed E-state index contributed by atoms with van der Waals surface area (Å²) >= 11 is 0.